The molecule has 4 aromatic rings. The zero-order valence-electron chi connectivity index (χ0n) is 16.9. The van der Waals surface area contributed by atoms with Gasteiger partial charge in [0.1, 0.15) is 17.4 Å². The van der Waals surface area contributed by atoms with E-state index >= 15 is 0 Å². The van der Waals surface area contributed by atoms with E-state index in [2.05, 4.69) is 20.3 Å². The van der Waals surface area contributed by atoms with Gasteiger partial charge in [0.2, 0.25) is 5.89 Å². The Bertz CT molecular complexity index is 1320. The largest absolute Gasteiger partial charge is 0.417 e. The summed E-state index contributed by atoms with van der Waals surface area (Å²) >= 11 is 0. The quantitative estimate of drug-likeness (QED) is 0.505. The number of aromatic nitrogens is 5. The van der Waals surface area contributed by atoms with Crippen molar-refractivity contribution in [3.05, 3.63) is 70.6 Å². The lowest BCUT2D eigenvalue weighted by Gasteiger charge is -2.33. The Kier molecular flexibility index (Phi) is 4.78. The molecule has 0 aliphatic carbocycles. The molecule has 3 aromatic heterocycles. The lowest BCUT2D eigenvalue weighted by atomic mass is 10.0. The Hall–Kier alpha value is -3.88. The second-order valence-electron chi connectivity index (χ2n) is 7.52. The second-order valence-corrected chi connectivity index (χ2v) is 7.52. The zero-order valence-corrected chi connectivity index (χ0v) is 16.9. The van der Waals surface area contributed by atoms with Crippen molar-refractivity contribution in [2.75, 3.05) is 6.54 Å². The summed E-state index contributed by atoms with van der Waals surface area (Å²) in [7, 11) is 1.52. The topological polar surface area (TPSA) is 107 Å². The van der Waals surface area contributed by atoms with Crippen LogP contribution in [0.3, 0.4) is 0 Å². The number of fused-ring (bicyclic) bond motifs is 1. The highest BCUT2D eigenvalue weighted by Gasteiger charge is 2.33. The third kappa shape index (κ3) is 3.48. The van der Waals surface area contributed by atoms with Crippen LogP contribution in [0.1, 0.15) is 41.7 Å². The standard InChI is InChI=1S/C22H20N6O3/c1-27-18(29)10-9-16(26-27)22(30)28-13-5-4-8-17(28)20-24-25-21(31-20)19-15-7-3-2-6-14(15)11-12-23-19/h2-3,6-7,9-12,17H,4-5,8,13H2,1H3/t17-/m1/s1. The Morgan fingerprint density at radius 1 is 1.10 bits per heavy atom. The molecule has 4 heterocycles. The van der Waals surface area contributed by atoms with Gasteiger partial charge in [-0.2, -0.15) is 5.10 Å². The predicted molar refractivity (Wildman–Crippen MR) is 112 cm³/mol. The van der Waals surface area contributed by atoms with E-state index in [1.165, 1.54) is 19.2 Å². The lowest BCUT2D eigenvalue weighted by Crippen LogP contribution is -2.39. The molecule has 0 radical (unpaired) electrons. The molecule has 5 rings (SSSR count). The number of pyridine rings is 1. The van der Waals surface area contributed by atoms with Gasteiger partial charge in [-0.3, -0.25) is 14.6 Å². The van der Waals surface area contributed by atoms with Gasteiger partial charge in [-0.25, -0.2) is 4.68 Å². The van der Waals surface area contributed by atoms with Crippen molar-refractivity contribution in [3.8, 4) is 11.6 Å². The number of benzene rings is 1. The third-order valence-corrected chi connectivity index (χ3v) is 5.55. The average Bonchev–Trinajstić information content (AvgIpc) is 3.30. The summed E-state index contributed by atoms with van der Waals surface area (Å²) in [4.78, 5) is 30.9. The van der Waals surface area contributed by atoms with Crippen molar-refractivity contribution in [2.45, 2.75) is 25.3 Å². The minimum Gasteiger partial charge on any atom is -0.417 e. The van der Waals surface area contributed by atoms with Gasteiger partial charge in [-0.15, -0.1) is 10.2 Å². The molecule has 9 nitrogen and oxygen atoms in total. The maximum absolute atomic E-state index is 13.1. The minimum atomic E-state index is -0.350. The van der Waals surface area contributed by atoms with Crippen molar-refractivity contribution in [3.63, 3.8) is 0 Å². The zero-order chi connectivity index (χ0) is 21.4. The van der Waals surface area contributed by atoms with Crippen LogP contribution in [0, 0.1) is 0 Å². The summed E-state index contributed by atoms with van der Waals surface area (Å²) in [5.74, 6) is 0.441. The SMILES string of the molecule is Cn1nc(C(=O)N2CCCC[C@@H]2c2nnc(-c3nccc4ccccc34)o2)ccc1=O. The first-order valence-electron chi connectivity index (χ1n) is 10.1. The van der Waals surface area contributed by atoms with Gasteiger partial charge >= 0.3 is 0 Å². The van der Waals surface area contributed by atoms with Gasteiger partial charge in [0, 0.05) is 31.2 Å². The van der Waals surface area contributed by atoms with E-state index < -0.39 is 0 Å². The summed E-state index contributed by atoms with van der Waals surface area (Å²) in [6.07, 6.45) is 4.24. The smallest absolute Gasteiger partial charge is 0.274 e. The Morgan fingerprint density at radius 3 is 2.84 bits per heavy atom. The third-order valence-electron chi connectivity index (χ3n) is 5.55. The van der Waals surface area contributed by atoms with Crippen molar-refractivity contribution in [1.29, 1.82) is 0 Å². The van der Waals surface area contributed by atoms with E-state index in [4.69, 9.17) is 4.42 Å². The first kappa shape index (κ1) is 19.1. The van der Waals surface area contributed by atoms with Crippen LogP contribution in [0.2, 0.25) is 0 Å². The minimum absolute atomic E-state index is 0.212. The summed E-state index contributed by atoms with van der Waals surface area (Å²) < 4.78 is 7.18. The molecule has 0 bridgehead atoms. The van der Waals surface area contributed by atoms with Crippen LogP contribution >= 0.6 is 0 Å². The van der Waals surface area contributed by atoms with Gasteiger partial charge in [0.05, 0.1) is 0 Å². The lowest BCUT2D eigenvalue weighted by molar-refractivity contribution is 0.0563. The molecule has 1 saturated heterocycles. The van der Waals surface area contributed by atoms with E-state index in [-0.39, 0.29) is 23.2 Å². The highest BCUT2D eigenvalue weighted by atomic mass is 16.4. The maximum Gasteiger partial charge on any atom is 0.274 e. The fourth-order valence-electron chi connectivity index (χ4n) is 3.95. The molecule has 1 aliphatic rings. The molecule has 0 saturated carbocycles. The number of carbonyl (C=O) groups excluding carboxylic acids is 1. The molecular weight excluding hydrogens is 396 g/mol. The number of amides is 1. The molecule has 0 unspecified atom stereocenters. The molecule has 156 valence electrons. The highest BCUT2D eigenvalue weighted by Crippen LogP contribution is 2.33. The fourth-order valence-corrected chi connectivity index (χ4v) is 3.95. The molecule has 9 heteroatoms. The Balaban J connectivity index is 1.49. The van der Waals surface area contributed by atoms with Gasteiger partial charge in [-0.1, -0.05) is 24.3 Å². The summed E-state index contributed by atoms with van der Waals surface area (Å²) in [6, 6.07) is 12.2. The molecule has 31 heavy (non-hydrogen) atoms. The molecule has 0 N–H and O–H groups in total. The first-order valence-corrected chi connectivity index (χ1v) is 10.1. The van der Waals surface area contributed by atoms with Crippen LogP contribution in [0.4, 0.5) is 0 Å². The first-order chi connectivity index (χ1) is 15.1. The van der Waals surface area contributed by atoms with Crippen LogP contribution in [0.25, 0.3) is 22.4 Å². The molecular formula is C22H20N6O3. The molecule has 1 aromatic carbocycles. The van der Waals surface area contributed by atoms with Gasteiger partial charge in [-0.05, 0) is 36.8 Å². The molecule has 0 spiro atoms. The number of hydrogen-bond donors (Lipinski definition) is 0. The number of nitrogens with zero attached hydrogens (tertiary/aromatic N) is 6. The molecule has 1 amide bonds. The summed E-state index contributed by atoms with van der Waals surface area (Å²) in [5, 5.41) is 14.5. The number of rotatable bonds is 3. The molecule has 1 atom stereocenters. The Morgan fingerprint density at radius 2 is 1.97 bits per heavy atom. The van der Waals surface area contributed by atoms with E-state index in [0.717, 1.165) is 28.3 Å². The predicted octanol–water partition coefficient (Wildman–Crippen LogP) is 2.75. The van der Waals surface area contributed by atoms with E-state index in [0.29, 0.717) is 30.4 Å². The number of carbonyl (C=O) groups is 1. The molecule has 1 aliphatic heterocycles. The summed E-state index contributed by atoms with van der Waals surface area (Å²) in [5.41, 5.74) is 0.561. The normalized spacial score (nSPS) is 16.5. The number of aryl methyl sites for hydroxylation is 1. The van der Waals surface area contributed by atoms with Crippen molar-refractivity contribution in [2.24, 2.45) is 7.05 Å². The van der Waals surface area contributed by atoms with E-state index in [1.807, 2.05) is 30.3 Å². The van der Waals surface area contributed by atoms with E-state index in [1.54, 1.807) is 11.1 Å². The van der Waals surface area contributed by atoms with Gasteiger partial charge < -0.3 is 9.32 Å². The van der Waals surface area contributed by atoms with Crippen LogP contribution in [-0.2, 0) is 7.05 Å². The maximum atomic E-state index is 13.1. The summed E-state index contributed by atoms with van der Waals surface area (Å²) in [6.45, 7) is 0.554. The second kappa shape index (κ2) is 7.75. The van der Waals surface area contributed by atoms with Crippen LogP contribution in [-0.4, -0.2) is 42.3 Å². The van der Waals surface area contributed by atoms with Crippen molar-refractivity contribution < 1.29 is 9.21 Å². The van der Waals surface area contributed by atoms with Gasteiger partial charge in [0.15, 0.2) is 0 Å². The monoisotopic (exact) mass is 416 g/mol. The van der Waals surface area contributed by atoms with Crippen LogP contribution in [0.15, 0.2) is 57.9 Å². The van der Waals surface area contributed by atoms with Crippen LogP contribution < -0.4 is 5.56 Å². The van der Waals surface area contributed by atoms with Crippen LogP contribution in [0.5, 0.6) is 0 Å². The van der Waals surface area contributed by atoms with Crippen molar-refractivity contribution in [1.82, 2.24) is 29.9 Å². The fraction of sp³-hybridized carbons (Fsp3) is 0.273. The average molecular weight is 416 g/mol. The van der Waals surface area contributed by atoms with Crippen molar-refractivity contribution >= 4 is 16.7 Å². The highest BCUT2D eigenvalue weighted by molar-refractivity contribution is 5.93. The number of likely N-dealkylation sites (tertiary alicyclic amines) is 1. The number of hydrogen-bond acceptors (Lipinski definition) is 7. The Labute approximate surface area is 177 Å². The van der Waals surface area contributed by atoms with Gasteiger partial charge in [0.25, 0.3) is 17.4 Å². The van der Waals surface area contributed by atoms with E-state index in [9.17, 15) is 9.59 Å². The molecule has 1 fully saturated rings. The number of piperidine rings is 1.